The summed E-state index contributed by atoms with van der Waals surface area (Å²) in [6.07, 6.45) is 1.57. The highest BCUT2D eigenvalue weighted by Crippen LogP contribution is 2.10. The first-order chi connectivity index (χ1) is 8.13. The van der Waals surface area contributed by atoms with E-state index in [1.165, 1.54) is 0 Å². The molecule has 90 valence electrons. The van der Waals surface area contributed by atoms with Crippen LogP contribution in [0.4, 0.5) is 0 Å². The van der Waals surface area contributed by atoms with E-state index < -0.39 is 0 Å². The Hall–Kier alpha value is -1.81. The molecule has 4 nitrogen and oxygen atoms in total. The van der Waals surface area contributed by atoms with Crippen LogP contribution in [0.2, 0.25) is 5.02 Å². The summed E-state index contributed by atoms with van der Waals surface area (Å²) < 4.78 is 0. The SMILES string of the molecule is C=CCNC(=O)CNC(=O)c1cccc(Cl)c1. The molecule has 0 saturated carbocycles. The van der Waals surface area contributed by atoms with Gasteiger partial charge in [0.15, 0.2) is 0 Å². The van der Waals surface area contributed by atoms with Crippen LogP contribution >= 0.6 is 11.6 Å². The number of carbonyl (C=O) groups is 2. The van der Waals surface area contributed by atoms with Crippen molar-refractivity contribution < 1.29 is 9.59 Å². The van der Waals surface area contributed by atoms with Gasteiger partial charge in [0.1, 0.15) is 0 Å². The third-order valence-corrected chi connectivity index (χ3v) is 2.17. The molecule has 0 heterocycles. The third-order valence-electron chi connectivity index (χ3n) is 1.94. The molecule has 0 aliphatic rings. The number of benzene rings is 1. The highest BCUT2D eigenvalue weighted by atomic mass is 35.5. The topological polar surface area (TPSA) is 58.2 Å². The number of amides is 2. The van der Waals surface area contributed by atoms with Gasteiger partial charge in [-0.3, -0.25) is 9.59 Å². The molecule has 0 aliphatic heterocycles. The van der Waals surface area contributed by atoms with Gasteiger partial charge in [-0.05, 0) is 18.2 Å². The van der Waals surface area contributed by atoms with Crippen LogP contribution in [0.1, 0.15) is 10.4 Å². The second kappa shape index (κ2) is 6.70. The molecule has 0 spiro atoms. The normalized spacial score (nSPS) is 9.47. The molecule has 0 aromatic heterocycles. The van der Waals surface area contributed by atoms with Gasteiger partial charge in [0.05, 0.1) is 6.54 Å². The third kappa shape index (κ3) is 4.70. The molecule has 0 bridgehead atoms. The minimum Gasteiger partial charge on any atom is -0.351 e. The van der Waals surface area contributed by atoms with Crippen LogP contribution in [-0.4, -0.2) is 24.9 Å². The molecule has 2 amide bonds. The van der Waals surface area contributed by atoms with E-state index in [0.29, 0.717) is 17.1 Å². The van der Waals surface area contributed by atoms with Gasteiger partial charge in [-0.1, -0.05) is 23.7 Å². The summed E-state index contributed by atoms with van der Waals surface area (Å²) in [5, 5.41) is 5.52. The molecule has 1 aromatic carbocycles. The Labute approximate surface area is 105 Å². The van der Waals surface area contributed by atoms with E-state index in [1.807, 2.05) is 0 Å². The zero-order valence-electron chi connectivity index (χ0n) is 9.20. The maximum absolute atomic E-state index is 11.6. The quantitative estimate of drug-likeness (QED) is 0.778. The largest absolute Gasteiger partial charge is 0.351 e. The van der Waals surface area contributed by atoms with E-state index >= 15 is 0 Å². The maximum atomic E-state index is 11.6. The van der Waals surface area contributed by atoms with E-state index in [0.717, 1.165) is 0 Å². The summed E-state index contributed by atoms with van der Waals surface area (Å²) in [4.78, 5) is 22.8. The van der Waals surface area contributed by atoms with Gasteiger partial charge >= 0.3 is 0 Å². The standard InChI is InChI=1S/C12H13ClN2O2/c1-2-6-14-11(16)8-15-12(17)9-4-3-5-10(13)7-9/h2-5,7H,1,6,8H2,(H,14,16)(H,15,17). The minimum absolute atomic E-state index is 0.0703. The van der Waals surface area contributed by atoms with Crippen LogP contribution in [-0.2, 0) is 4.79 Å². The van der Waals surface area contributed by atoms with Crippen molar-refractivity contribution in [2.24, 2.45) is 0 Å². The summed E-state index contributed by atoms with van der Waals surface area (Å²) in [5.41, 5.74) is 0.425. The van der Waals surface area contributed by atoms with Gasteiger partial charge in [-0.25, -0.2) is 0 Å². The van der Waals surface area contributed by atoms with Crippen molar-refractivity contribution in [3.05, 3.63) is 47.5 Å². The Kier molecular flexibility index (Phi) is 5.23. The first-order valence-electron chi connectivity index (χ1n) is 5.05. The number of hydrogen-bond donors (Lipinski definition) is 2. The summed E-state index contributed by atoms with van der Waals surface area (Å²) in [7, 11) is 0. The van der Waals surface area contributed by atoms with Crippen molar-refractivity contribution in [2.75, 3.05) is 13.1 Å². The zero-order chi connectivity index (χ0) is 12.7. The number of nitrogens with one attached hydrogen (secondary N) is 2. The van der Waals surface area contributed by atoms with Crippen LogP contribution < -0.4 is 10.6 Å². The Bertz CT molecular complexity index is 432. The fraction of sp³-hybridized carbons (Fsp3) is 0.167. The van der Waals surface area contributed by atoms with Gasteiger partial charge in [0, 0.05) is 17.1 Å². The van der Waals surface area contributed by atoms with Crippen LogP contribution in [0, 0.1) is 0 Å². The maximum Gasteiger partial charge on any atom is 0.251 e. The summed E-state index contributed by atoms with van der Waals surface area (Å²) in [5.74, 6) is -0.596. The number of hydrogen-bond acceptors (Lipinski definition) is 2. The van der Waals surface area contributed by atoms with E-state index in [9.17, 15) is 9.59 Å². The van der Waals surface area contributed by atoms with Crippen molar-refractivity contribution in [3.8, 4) is 0 Å². The minimum atomic E-state index is -0.332. The zero-order valence-corrected chi connectivity index (χ0v) is 9.96. The van der Waals surface area contributed by atoms with Gasteiger partial charge in [-0.15, -0.1) is 6.58 Å². The molecule has 0 radical (unpaired) electrons. The molecular formula is C12H13ClN2O2. The Morgan fingerprint density at radius 3 is 2.76 bits per heavy atom. The molecule has 5 heteroatoms. The van der Waals surface area contributed by atoms with Crippen LogP contribution in [0.15, 0.2) is 36.9 Å². The lowest BCUT2D eigenvalue weighted by atomic mass is 10.2. The van der Waals surface area contributed by atoms with Gasteiger partial charge in [0.25, 0.3) is 5.91 Å². The smallest absolute Gasteiger partial charge is 0.251 e. The molecule has 0 saturated heterocycles. The lowest BCUT2D eigenvalue weighted by Gasteiger charge is -2.05. The summed E-state index contributed by atoms with van der Waals surface area (Å²) in [6.45, 7) is 3.78. The molecule has 2 N–H and O–H groups in total. The number of rotatable bonds is 5. The average Bonchev–Trinajstić information content (AvgIpc) is 2.33. The molecule has 17 heavy (non-hydrogen) atoms. The van der Waals surface area contributed by atoms with Crippen LogP contribution in [0.5, 0.6) is 0 Å². The monoisotopic (exact) mass is 252 g/mol. The van der Waals surface area contributed by atoms with Gasteiger partial charge in [-0.2, -0.15) is 0 Å². The molecule has 0 aliphatic carbocycles. The first kappa shape index (κ1) is 13.3. The number of carbonyl (C=O) groups excluding carboxylic acids is 2. The predicted molar refractivity (Wildman–Crippen MR) is 67.0 cm³/mol. The van der Waals surface area contributed by atoms with Crippen molar-refractivity contribution in [3.63, 3.8) is 0 Å². The average molecular weight is 253 g/mol. The van der Waals surface area contributed by atoms with Crippen molar-refractivity contribution in [1.29, 1.82) is 0 Å². The lowest BCUT2D eigenvalue weighted by molar-refractivity contribution is -0.119. The predicted octanol–water partition coefficient (Wildman–Crippen LogP) is 1.37. The van der Waals surface area contributed by atoms with E-state index in [4.69, 9.17) is 11.6 Å². The van der Waals surface area contributed by atoms with Crippen LogP contribution in [0.3, 0.4) is 0 Å². The second-order valence-electron chi connectivity index (χ2n) is 3.29. The molecule has 0 atom stereocenters. The number of halogens is 1. The molecule has 0 unspecified atom stereocenters. The first-order valence-corrected chi connectivity index (χ1v) is 5.42. The summed E-state index contributed by atoms with van der Waals surface area (Å²) >= 11 is 5.75. The van der Waals surface area contributed by atoms with E-state index in [-0.39, 0.29) is 18.4 Å². The molecule has 1 aromatic rings. The van der Waals surface area contributed by atoms with Crippen LogP contribution in [0.25, 0.3) is 0 Å². The van der Waals surface area contributed by atoms with E-state index in [1.54, 1.807) is 30.3 Å². The van der Waals surface area contributed by atoms with Crippen molar-refractivity contribution >= 4 is 23.4 Å². The van der Waals surface area contributed by atoms with Crippen molar-refractivity contribution in [1.82, 2.24) is 10.6 Å². The second-order valence-corrected chi connectivity index (χ2v) is 3.72. The van der Waals surface area contributed by atoms with Gasteiger partial charge < -0.3 is 10.6 Å². The van der Waals surface area contributed by atoms with Gasteiger partial charge in [0.2, 0.25) is 5.91 Å². The molecular weight excluding hydrogens is 240 g/mol. The lowest BCUT2D eigenvalue weighted by Crippen LogP contribution is -2.36. The molecule has 1 rings (SSSR count). The van der Waals surface area contributed by atoms with E-state index in [2.05, 4.69) is 17.2 Å². The highest BCUT2D eigenvalue weighted by molar-refractivity contribution is 6.30. The molecule has 0 fully saturated rings. The fourth-order valence-electron chi connectivity index (χ4n) is 1.14. The Morgan fingerprint density at radius 1 is 1.35 bits per heavy atom. The Balaban J connectivity index is 2.45. The Morgan fingerprint density at radius 2 is 2.12 bits per heavy atom. The summed E-state index contributed by atoms with van der Waals surface area (Å²) in [6, 6.07) is 6.52. The fourth-order valence-corrected chi connectivity index (χ4v) is 1.33. The highest BCUT2D eigenvalue weighted by Gasteiger charge is 2.07. The van der Waals surface area contributed by atoms with Crippen molar-refractivity contribution in [2.45, 2.75) is 0 Å².